The summed E-state index contributed by atoms with van der Waals surface area (Å²) in [4.78, 5) is 15.5. The quantitative estimate of drug-likeness (QED) is 0.765. The van der Waals surface area contributed by atoms with Crippen molar-refractivity contribution in [3.8, 4) is 5.75 Å². The molecule has 1 aliphatic heterocycles. The van der Waals surface area contributed by atoms with Gasteiger partial charge in [0.2, 0.25) is 5.91 Å². The van der Waals surface area contributed by atoms with Crippen LogP contribution in [0.15, 0.2) is 48.5 Å². The molecule has 2 aliphatic rings. The van der Waals surface area contributed by atoms with Gasteiger partial charge in [0.25, 0.3) is 0 Å². The number of aryl methyl sites for hydroxylation is 1. The number of hydrogen-bond acceptors (Lipinski definition) is 3. The summed E-state index contributed by atoms with van der Waals surface area (Å²) in [6.45, 7) is 9.91. The van der Waals surface area contributed by atoms with E-state index in [9.17, 15) is 9.90 Å². The summed E-state index contributed by atoms with van der Waals surface area (Å²) in [5.74, 6) is 0.914. The fourth-order valence-corrected chi connectivity index (χ4v) is 5.96. The molecule has 166 valence electrons. The van der Waals surface area contributed by atoms with Gasteiger partial charge in [0.1, 0.15) is 5.75 Å². The standard InChI is InChI=1S/C27H35NO3/c1-18-10-6-7-11-20(18)19(2)25(29)28-16-22-23(17-28)27(30,15-14-26(22,3)4)21-12-8-9-13-24(21)31-5/h6-13,19,22-23,30H,14-17H2,1-5H3/t19-,22-,23+,27+/m0/s1. The number of hydrogen-bond donors (Lipinski definition) is 1. The molecule has 0 spiro atoms. The van der Waals surface area contributed by atoms with Gasteiger partial charge < -0.3 is 14.7 Å². The Morgan fingerprint density at radius 3 is 2.42 bits per heavy atom. The molecule has 0 unspecified atom stereocenters. The molecule has 1 saturated heterocycles. The SMILES string of the molecule is COc1ccccc1[C@]1(O)CCC(C)(C)[C@H]2CN(C(=O)[C@@H](C)c3ccccc3C)C[C@H]21. The monoisotopic (exact) mass is 421 g/mol. The molecule has 2 fully saturated rings. The predicted octanol–water partition coefficient (Wildman–Crippen LogP) is 4.89. The van der Waals surface area contributed by atoms with Gasteiger partial charge in [-0.25, -0.2) is 0 Å². The summed E-state index contributed by atoms with van der Waals surface area (Å²) in [5.41, 5.74) is 2.16. The van der Waals surface area contributed by atoms with E-state index in [4.69, 9.17) is 4.74 Å². The molecule has 0 bridgehead atoms. The van der Waals surface area contributed by atoms with Crippen molar-refractivity contribution in [3.05, 3.63) is 65.2 Å². The maximum Gasteiger partial charge on any atom is 0.229 e. The largest absolute Gasteiger partial charge is 0.496 e. The Bertz CT molecular complexity index is 968. The average molecular weight is 422 g/mol. The molecule has 2 aromatic rings. The number of ether oxygens (including phenoxy) is 1. The minimum absolute atomic E-state index is 0.0134. The topological polar surface area (TPSA) is 49.8 Å². The number of nitrogens with zero attached hydrogens (tertiary/aromatic N) is 1. The van der Waals surface area contributed by atoms with E-state index >= 15 is 0 Å². The molecule has 4 atom stereocenters. The van der Waals surface area contributed by atoms with E-state index in [1.54, 1.807) is 7.11 Å². The Hall–Kier alpha value is -2.33. The molecular weight excluding hydrogens is 386 g/mol. The van der Waals surface area contributed by atoms with Crippen LogP contribution in [0.5, 0.6) is 5.75 Å². The van der Waals surface area contributed by atoms with Crippen LogP contribution in [0.25, 0.3) is 0 Å². The van der Waals surface area contributed by atoms with Crippen LogP contribution in [0.1, 0.15) is 56.2 Å². The Balaban J connectivity index is 1.66. The van der Waals surface area contributed by atoms with Gasteiger partial charge >= 0.3 is 0 Å². The number of rotatable bonds is 4. The number of aliphatic hydroxyl groups is 1. The minimum atomic E-state index is -0.992. The first-order chi connectivity index (χ1) is 14.7. The highest BCUT2D eigenvalue weighted by Crippen LogP contribution is 2.56. The Labute approximate surface area is 186 Å². The van der Waals surface area contributed by atoms with E-state index in [1.165, 1.54) is 0 Å². The number of methoxy groups -OCH3 is 1. The first-order valence-corrected chi connectivity index (χ1v) is 11.4. The van der Waals surface area contributed by atoms with Gasteiger partial charge in [0, 0.05) is 24.6 Å². The van der Waals surface area contributed by atoms with Crippen molar-refractivity contribution in [1.29, 1.82) is 0 Å². The first kappa shape index (κ1) is 21.9. The van der Waals surface area contributed by atoms with E-state index in [2.05, 4.69) is 32.9 Å². The molecule has 1 heterocycles. The predicted molar refractivity (Wildman–Crippen MR) is 123 cm³/mol. The van der Waals surface area contributed by atoms with Crippen LogP contribution in [-0.2, 0) is 10.4 Å². The van der Waals surface area contributed by atoms with Crippen molar-refractivity contribution < 1.29 is 14.6 Å². The number of fused-ring (bicyclic) bond motifs is 1. The maximum absolute atomic E-state index is 13.5. The van der Waals surface area contributed by atoms with E-state index in [0.29, 0.717) is 19.5 Å². The van der Waals surface area contributed by atoms with Gasteiger partial charge in [-0.2, -0.15) is 0 Å². The molecule has 1 saturated carbocycles. The van der Waals surface area contributed by atoms with Crippen LogP contribution in [0, 0.1) is 24.2 Å². The molecule has 4 heteroatoms. The van der Waals surface area contributed by atoms with Gasteiger partial charge in [-0.3, -0.25) is 4.79 Å². The van der Waals surface area contributed by atoms with Crippen LogP contribution >= 0.6 is 0 Å². The van der Waals surface area contributed by atoms with Crippen molar-refractivity contribution in [2.45, 2.75) is 52.1 Å². The van der Waals surface area contributed by atoms with Gasteiger partial charge in [0.15, 0.2) is 0 Å². The van der Waals surface area contributed by atoms with Crippen LogP contribution in [-0.4, -0.2) is 36.1 Å². The molecule has 0 aromatic heterocycles. The van der Waals surface area contributed by atoms with Gasteiger partial charge in [0.05, 0.1) is 18.6 Å². The highest BCUT2D eigenvalue weighted by molar-refractivity contribution is 5.84. The third-order valence-electron chi connectivity index (χ3n) is 8.00. The maximum atomic E-state index is 13.5. The van der Waals surface area contributed by atoms with Crippen LogP contribution in [0.4, 0.5) is 0 Å². The number of carbonyl (C=O) groups is 1. The van der Waals surface area contributed by atoms with Crippen LogP contribution < -0.4 is 4.74 Å². The van der Waals surface area contributed by atoms with E-state index < -0.39 is 5.60 Å². The van der Waals surface area contributed by atoms with Crippen molar-refractivity contribution in [1.82, 2.24) is 4.90 Å². The van der Waals surface area contributed by atoms with Crippen LogP contribution in [0.3, 0.4) is 0 Å². The number of likely N-dealkylation sites (tertiary alicyclic amines) is 1. The highest BCUT2D eigenvalue weighted by atomic mass is 16.5. The number of carbonyl (C=O) groups excluding carboxylic acids is 1. The first-order valence-electron chi connectivity index (χ1n) is 11.4. The second-order valence-electron chi connectivity index (χ2n) is 10.1. The third-order valence-corrected chi connectivity index (χ3v) is 8.00. The molecule has 1 amide bonds. The molecule has 4 nitrogen and oxygen atoms in total. The number of para-hydroxylation sites is 1. The number of amides is 1. The summed E-state index contributed by atoms with van der Waals surface area (Å²) in [5, 5.41) is 12.0. The lowest BCUT2D eigenvalue weighted by Crippen LogP contribution is -2.49. The lowest BCUT2D eigenvalue weighted by Gasteiger charge is -2.49. The summed E-state index contributed by atoms with van der Waals surface area (Å²) < 4.78 is 5.61. The second kappa shape index (κ2) is 7.98. The van der Waals surface area contributed by atoms with Crippen molar-refractivity contribution in [3.63, 3.8) is 0 Å². The van der Waals surface area contributed by atoms with Crippen molar-refractivity contribution in [2.24, 2.45) is 17.3 Å². The Morgan fingerprint density at radius 1 is 1.06 bits per heavy atom. The van der Waals surface area contributed by atoms with E-state index in [1.807, 2.05) is 48.2 Å². The molecule has 1 aliphatic carbocycles. The summed E-state index contributed by atoms with van der Waals surface area (Å²) in [6, 6.07) is 15.9. The zero-order valence-electron chi connectivity index (χ0n) is 19.4. The molecule has 2 aromatic carbocycles. The van der Waals surface area contributed by atoms with Crippen molar-refractivity contribution in [2.75, 3.05) is 20.2 Å². The number of benzene rings is 2. The molecule has 0 radical (unpaired) electrons. The summed E-state index contributed by atoms with van der Waals surface area (Å²) in [6.07, 6.45) is 1.59. The molecular formula is C27H35NO3. The van der Waals surface area contributed by atoms with Gasteiger partial charge in [-0.05, 0) is 55.2 Å². The second-order valence-corrected chi connectivity index (χ2v) is 10.1. The van der Waals surface area contributed by atoms with Crippen LogP contribution in [0.2, 0.25) is 0 Å². The highest BCUT2D eigenvalue weighted by Gasteiger charge is 2.57. The van der Waals surface area contributed by atoms with E-state index in [0.717, 1.165) is 28.9 Å². The zero-order chi connectivity index (χ0) is 22.4. The van der Waals surface area contributed by atoms with Gasteiger partial charge in [-0.15, -0.1) is 0 Å². The third kappa shape index (κ3) is 3.65. The fourth-order valence-electron chi connectivity index (χ4n) is 5.96. The fraction of sp³-hybridized carbons (Fsp3) is 0.519. The van der Waals surface area contributed by atoms with Crippen molar-refractivity contribution >= 4 is 5.91 Å². The molecule has 31 heavy (non-hydrogen) atoms. The lowest BCUT2D eigenvalue weighted by atomic mass is 9.57. The Kier molecular flexibility index (Phi) is 5.63. The zero-order valence-corrected chi connectivity index (χ0v) is 19.4. The molecule has 1 N–H and O–H groups in total. The average Bonchev–Trinajstić information content (AvgIpc) is 3.24. The Morgan fingerprint density at radius 2 is 1.71 bits per heavy atom. The summed E-state index contributed by atoms with van der Waals surface area (Å²) in [7, 11) is 1.65. The summed E-state index contributed by atoms with van der Waals surface area (Å²) >= 11 is 0. The minimum Gasteiger partial charge on any atom is -0.496 e. The molecule has 4 rings (SSSR count). The lowest BCUT2D eigenvalue weighted by molar-refractivity contribution is -0.132. The normalized spacial score (nSPS) is 28.1. The smallest absolute Gasteiger partial charge is 0.229 e. The van der Waals surface area contributed by atoms with E-state index in [-0.39, 0.29) is 29.1 Å². The van der Waals surface area contributed by atoms with Gasteiger partial charge in [-0.1, -0.05) is 56.3 Å².